The van der Waals surface area contributed by atoms with Crippen molar-refractivity contribution in [3.8, 4) is 11.5 Å². The number of aromatic amines is 1. The maximum absolute atomic E-state index is 12.7. The SMILES string of the molecule is O=C(Nc1cc[nH]c(=O)c1)c1cc(OC(F)(F)F)ccc1OC1CCCCC1. The van der Waals surface area contributed by atoms with Crippen molar-refractivity contribution in [3.05, 3.63) is 52.4 Å². The summed E-state index contributed by atoms with van der Waals surface area (Å²) in [6.07, 6.45) is 1.09. The van der Waals surface area contributed by atoms with E-state index in [-0.39, 0.29) is 23.1 Å². The normalized spacial score (nSPS) is 15.1. The van der Waals surface area contributed by atoms with Crippen LogP contribution in [0, 0.1) is 0 Å². The van der Waals surface area contributed by atoms with Gasteiger partial charge in [0.05, 0.1) is 11.7 Å². The second-order valence-corrected chi connectivity index (χ2v) is 6.48. The van der Waals surface area contributed by atoms with Crippen LogP contribution in [-0.2, 0) is 0 Å². The highest BCUT2D eigenvalue weighted by atomic mass is 19.4. The summed E-state index contributed by atoms with van der Waals surface area (Å²) in [6.45, 7) is 0. The molecule has 28 heavy (non-hydrogen) atoms. The lowest BCUT2D eigenvalue weighted by molar-refractivity contribution is -0.274. The van der Waals surface area contributed by atoms with Crippen LogP contribution in [0.5, 0.6) is 11.5 Å². The predicted octanol–water partition coefficient (Wildman–Crippen LogP) is 4.24. The Morgan fingerprint density at radius 2 is 1.86 bits per heavy atom. The average Bonchev–Trinajstić information content (AvgIpc) is 2.62. The Labute approximate surface area is 158 Å². The van der Waals surface area contributed by atoms with Crippen LogP contribution in [0.15, 0.2) is 41.3 Å². The summed E-state index contributed by atoms with van der Waals surface area (Å²) in [5.41, 5.74) is -0.322. The molecule has 0 atom stereocenters. The fraction of sp³-hybridized carbons (Fsp3) is 0.368. The molecule has 1 fully saturated rings. The summed E-state index contributed by atoms with van der Waals surface area (Å²) >= 11 is 0. The summed E-state index contributed by atoms with van der Waals surface area (Å²) in [5, 5.41) is 2.49. The number of aromatic nitrogens is 1. The van der Waals surface area contributed by atoms with E-state index in [1.165, 1.54) is 18.3 Å². The third-order valence-electron chi connectivity index (χ3n) is 4.31. The van der Waals surface area contributed by atoms with Gasteiger partial charge in [0.2, 0.25) is 5.56 Å². The Balaban J connectivity index is 1.87. The van der Waals surface area contributed by atoms with Crippen LogP contribution in [0.4, 0.5) is 18.9 Å². The Kier molecular flexibility index (Phi) is 5.91. The second kappa shape index (κ2) is 8.37. The van der Waals surface area contributed by atoms with Crippen LogP contribution >= 0.6 is 0 Å². The molecule has 1 saturated carbocycles. The molecule has 6 nitrogen and oxygen atoms in total. The summed E-state index contributed by atoms with van der Waals surface area (Å²) < 4.78 is 47.4. The summed E-state index contributed by atoms with van der Waals surface area (Å²) in [7, 11) is 0. The van der Waals surface area contributed by atoms with E-state index < -0.39 is 23.6 Å². The van der Waals surface area contributed by atoms with Crippen molar-refractivity contribution in [1.29, 1.82) is 0 Å². The van der Waals surface area contributed by atoms with Crippen molar-refractivity contribution in [1.82, 2.24) is 4.98 Å². The molecule has 2 N–H and O–H groups in total. The van der Waals surface area contributed by atoms with Gasteiger partial charge in [0, 0.05) is 18.0 Å². The molecule has 1 aliphatic carbocycles. The van der Waals surface area contributed by atoms with Gasteiger partial charge in [-0.25, -0.2) is 0 Å². The topological polar surface area (TPSA) is 80.4 Å². The first-order valence-corrected chi connectivity index (χ1v) is 8.87. The number of nitrogens with one attached hydrogen (secondary N) is 2. The minimum absolute atomic E-state index is 0.103. The van der Waals surface area contributed by atoms with Crippen LogP contribution in [0.25, 0.3) is 0 Å². The molecule has 9 heteroatoms. The lowest BCUT2D eigenvalue weighted by Gasteiger charge is -2.24. The van der Waals surface area contributed by atoms with Gasteiger partial charge in [-0.2, -0.15) is 0 Å². The Hall–Kier alpha value is -2.97. The maximum Gasteiger partial charge on any atom is 0.573 e. The molecule has 0 bridgehead atoms. The largest absolute Gasteiger partial charge is 0.573 e. The molecule has 1 heterocycles. The van der Waals surface area contributed by atoms with Gasteiger partial charge in [0.1, 0.15) is 11.5 Å². The number of pyridine rings is 1. The number of hydrogen-bond acceptors (Lipinski definition) is 4. The number of ether oxygens (including phenoxy) is 2. The smallest absolute Gasteiger partial charge is 0.490 e. The van der Waals surface area contributed by atoms with Gasteiger partial charge in [0.25, 0.3) is 5.91 Å². The lowest BCUT2D eigenvalue weighted by Crippen LogP contribution is -2.23. The summed E-state index contributed by atoms with van der Waals surface area (Å²) in [5.74, 6) is -1.06. The zero-order valence-corrected chi connectivity index (χ0v) is 14.8. The van der Waals surface area contributed by atoms with Crippen LogP contribution in [0.3, 0.4) is 0 Å². The van der Waals surface area contributed by atoms with E-state index >= 15 is 0 Å². The highest BCUT2D eigenvalue weighted by Crippen LogP contribution is 2.31. The van der Waals surface area contributed by atoms with Crippen molar-refractivity contribution in [2.24, 2.45) is 0 Å². The second-order valence-electron chi connectivity index (χ2n) is 6.48. The predicted molar refractivity (Wildman–Crippen MR) is 95.6 cm³/mol. The molecule has 1 aliphatic rings. The fourth-order valence-electron chi connectivity index (χ4n) is 3.07. The van der Waals surface area contributed by atoms with Crippen LogP contribution in [0.2, 0.25) is 0 Å². The van der Waals surface area contributed by atoms with Gasteiger partial charge in [-0.1, -0.05) is 6.42 Å². The van der Waals surface area contributed by atoms with Gasteiger partial charge in [0.15, 0.2) is 0 Å². The number of H-pyrrole nitrogens is 1. The van der Waals surface area contributed by atoms with Crippen LogP contribution in [-0.4, -0.2) is 23.4 Å². The van der Waals surface area contributed by atoms with Crippen molar-refractivity contribution in [2.45, 2.75) is 44.6 Å². The number of carbonyl (C=O) groups is 1. The van der Waals surface area contributed by atoms with Gasteiger partial charge >= 0.3 is 6.36 Å². The number of halogens is 3. The molecule has 1 amide bonds. The molecule has 2 aromatic rings. The molecule has 0 saturated heterocycles. The minimum atomic E-state index is -4.88. The molecule has 1 aromatic heterocycles. The van der Waals surface area contributed by atoms with E-state index in [0.29, 0.717) is 0 Å². The van der Waals surface area contributed by atoms with E-state index in [9.17, 15) is 22.8 Å². The first kappa shape index (κ1) is 19.8. The van der Waals surface area contributed by atoms with Gasteiger partial charge in [-0.15, -0.1) is 13.2 Å². The van der Waals surface area contributed by atoms with E-state index in [1.807, 2.05) is 0 Å². The van der Waals surface area contributed by atoms with Crippen molar-refractivity contribution in [3.63, 3.8) is 0 Å². The molecule has 150 valence electrons. The molecule has 0 aliphatic heterocycles. The highest BCUT2D eigenvalue weighted by Gasteiger charge is 2.32. The Morgan fingerprint density at radius 1 is 1.11 bits per heavy atom. The van der Waals surface area contributed by atoms with Crippen LogP contribution < -0.4 is 20.3 Å². The first-order valence-electron chi connectivity index (χ1n) is 8.87. The molecular formula is C19H19F3N2O4. The van der Waals surface area contributed by atoms with Gasteiger partial charge < -0.3 is 19.8 Å². The number of benzene rings is 1. The van der Waals surface area contributed by atoms with E-state index in [1.54, 1.807) is 0 Å². The number of anilines is 1. The quantitative estimate of drug-likeness (QED) is 0.792. The first-order chi connectivity index (χ1) is 13.3. The number of alkyl halides is 3. The standard InChI is InChI=1S/C19H19F3N2O4/c20-19(21,22)28-14-6-7-16(27-13-4-2-1-3-5-13)15(11-14)18(26)24-12-8-9-23-17(25)10-12/h6-11,13H,1-5H2,(H2,23,24,25,26). The van der Waals surface area contributed by atoms with Gasteiger partial charge in [-0.3, -0.25) is 9.59 Å². The third kappa shape index (κ3) is 5.51. The fourth-order valence-corrected chi connectivity index (χ4v) is 3.07. The van der Waals surface area contributed by atoms with E-state index in [4.69, 9.17) is 4.74 Å². The van der Waals surface area contributed by atoms with Crippen molar-refractivity contribution >= 4 is 11.6 Å². The molecule has 0 spiro atoms. The van der Waals surface area contributed by atoms with E-state index in [0.717, 1.165) is 50.3 Å². The summed E-state index contributed by atoms with van der Waals surface area (Å²) in [4.78, 5) is 26.4. The highest BCUT2D eigenvalue weighted by molar-refractivity contribution is 6.06. The Bertz CT molecular complexity index is 889. The number of amides is 1. The van der Waals surface area contributed by atoms with Gasteiger partial charge in [-0.05, 0) is 49.9 Å². The molecule has 0 radical (unpaired) electrons. The zero-order valence-electron chi connectivity index (χ0n) is 14.8. The molecule has 1 aromatic carbocycles. The average molecular weight is 396 g/mol. The Morgan fingerprint density at radius 3 is 2.54 bits per heavy atom. The summed E-state index contributed by atoms with van der Waals surface area (Å²) in [6, 6.07) is 6.00. The van der Waals surface area contributed by atoms with Crippen molar-refractivity contribution < 1.29 is 27.4 Å². The number of carbonyl (C=O) groups excluding carboxylic acids is 1. The number of rotatable bonds is 5. The zero-order chi connectivity index (χ0) is 20.1. The monoisotopic (exact) mass is 396 g/mol. The maximum atomic E-state index is 12.7. The number of hydrogen-bond donors (Lipinski definition) is 2. The molecular weight excluding hydrogens is 377 g/mol. The van der Waals surface area contributed by atoms with E-state index in [2.05, 4.69) is 15.0 Å². The van der Waals surface area contributed by atoms with Crippen LogP contribution in [0.1, 0.15) is 42.5 Å². The lowest BCUT2D eigenvalue weighted by atomic mass is 9.97. The van der Waals surface area contributed by atoms with Crippen molar-refractivity contribution in [2.75, 3.05) is 5.32 Å². The third-order valence-corrected chi connectivity index (χ3v) is 4.31. The minimum Gasteiger partial charge on any atom is -0.490 e. The molecule has 0 unspecified atom stereocenters. The molecule has 3 rings (SSSR count).